The molecule has 2 N–H and O–H groups in total. The summed E-state index contributed by atoms with van der Waals surface area (Å²) < 4.78 is 11.2. The molecule has 0 unspecified atom stereocenters. The number of carbonyl (C=O) groups excluding carboxylic acids is 1. The van der Waals surface area contributed by atoms with Crippen LogP contribution in [0.25, 0.3) is 0 Å². The Balaban J connectivity index is 0.00000182. The van der Waals surface area contributed by atoms with Gasteiger partial charge in [-0.3, -0.25) is 4.79 Å². The second-order valence-electron chi connectivity index (χ2n) is 6.05. The second-order valence-corrected chi connectivity index (χ2v) is 6.05. The fourth-order valence-corrected chi connectivity index (χ4v) is 2.88. The fraction of sp³-hybridized carbons (Fsp3) is 0.368. The molecule has 27 heavy (non-hydrogen) atoms. The normalized spacial score (nSPS) is 15.0. The van der Waals surface area contributed by atoms with Gasteiger partial charge in [0, 0.05) is 25.9 Å². The Morgan fingerprint density at radius 2 is 1.85 bits per heavy atom. The molecule has 1 amide bonds. The highest BCUT2D eigenvalue weighted by Gasteiger charge is 2.39. The molecule has 0 atom stereocenters. The Morgan fingerprint density at radius 3 is 2.44 bits per heavy atom. The molecule has 6 nitrogen and oxygen atoms in total. The van der Waals surface area contributed by atoms with Gasteiger partial charge in [-0.2, -0.15) is 0 Å². The number of benzene rings is 1. The molecule has 1 saturated heterocycles. The lowest BCUT2D eigenvalue weighted by Gasteiger charge is -2.34. The van der Waals surface area contributed by atoms with Crippen molar-refractivity contribution >= 4 is 30.7 Å². The molecule has 0 spiro atoms. The highest BCUT2D eigenvalue weighted by atomic mass is 35.5. The Bertz CT molecular complexity index is 693. The lowest BCUT2D eigenvalue weighted by atomic mass is 9.91. The number of methoxy groups -OCH3 is 1. The average molecular weight is 414 g/mol. The Hall–Kier alpha value is -1.86. The summed E-state index contributed by atoms with van der Waals surface area (Å²) in [4.78, 5) is 16.8. The van der Waals surface area contributed by atoms with E-state index in [0.29, 0.717) is 25.3 Å². The fourth-order valence-electron chi connectivity index (χ4n) is 2.88. The molecule has 8 heteroatoms. The van der Waals surface area contributed by atoms with E-state index in [2.05, 4.69) is 15.6 Å². The van der Waals surface area contributed by atoms with Crippen molar-refractivity contribution in [1.29, 1.82) is 0 Å². The van der Waals surface area contributed by atoms with Crippen LogP contribution in [0.3, 0.4) is 0 Å². The Kier molecular flexibility index (Phi) is 9.52. The zero-order valence-electron chi connectivity index (χ0n) is 15.1. The van der Waals surface area contributed by atoms with Gasteiger partial charge >= 0.3 is 0 Å². The highest BCUT2D eigenvalue weighted by Crippen LogP contribution is 2.23. The van der Waals surface area contributed by atoms with Gasteiger partial charge in [0.1, 0.15) is 11.4 Å². The smallest absolute Gasteiger partial charge is 0.252 e. The number of piperidine rings is 1. The summed E-state index contributed by atoms with van der Waals surface area (Å²) in [5.41, 5.74) is 0.184. The minimum absolute atomic E-state index is 0. The van der Waals surface area contributed by atoms with E-state index in [0.717, 1.165) is 24.4 Å². The minimum Gasteiger partial charge on any atom is -0.439 e. The predicted molar refractivity (Wildman–Crippen MR) is 109 cm³/mol. The van der Waals surface area contributed by atoms with Crippen molar-refractivity contribution in [2.24, 2.45) is 0 Å². The zero-order valence-corrected chi connectivity index (χ0v) is 16.8. The number of nitrogens with zero attached hydrogens (tertiary/aromatic N) is 1. The third-order valence-electron chi connectivity index (χ3n) is 4.43. The van der Waals surface area contributed by atoms with Crippen molar-refractivity contribution < 1.29 is 14.3 Å². The van der Waals surface area contributed by atoms with Crippen LogP contribution in [0.4, 0.5) is 0 Å². The van der Waals surface area contributed by atoms with E-state index in [1.165, 1.54) is 0 Å². The summed E-state index contributed by atoms with van der Waals surface area (Å²) in [6, 6.07) is 13.2. The minimum atomic E-state index is -0.727. The quantitative estimate of drug-likeness (QED) is 0.760. The summed E-state index contributed by atoms with van der Waals surface area (Å²) in [6.07, 6.45) is 3.06. The number of amides is 1. The highest BCUT2D eigenvalue weighted by molar-refractivity contribution is 5.86. The largest absolute Gasteiger partial charge is 0.439 e. The van der Waals surface area contributed by atoms with Gasteiger partial charge in [-0.25, -0.2) is 4.98 Å². The van der Waals surface area contributed by atoms with Gasteiger partial charge in [0.2, 0.25) is 5.88 Å². The first kappa shape index (κ1) is 23.2. The van der Waals surface area contributed by atoms with Gasteiger partial charge in [0.05, 0.1) is 0 Å². The summed E-state index contributed by atoms with van der Waals surface area (Å²) >= 11 is 0. The van der Waals surface area contributed by atoms with Crippen molar-refractivity contribution in [3.63, 3.8) is 0 Å². The number of nitrogens with one attached hydrogen (secondary N) is 2. The number of hydrogen-bond donors (Lipinski definition) is 2. The molecular formula is C19H25Cl2N3O3. The maximum Gasteiger partial charge on any atom is 0.252 e. The summed E-state index contributed by atoms with van der Waals surface area (Å²) in [7, 11) is 1.60. The van der Waals surface area contributed by atoms with Crippen LogP contribution in [-0.4, -0.2) is 36.7 Å². The number of rotatable bonds is 6. The second kappa shape index (κ2) is 11.1. The number of halogens is 2. The first-order valence-corrected chi connectivity index (χ1v) is 8.44. The summed E-state index contributed by atoms with van der Waals surface area (Å²) in [6.45, 7) is 1.98. The van der Waals surface area contributed by atoms with Crippen LogP contribution in [0.1, 0.15) is 18.4 Å². The number of ether oxygens (including phenoxy) is 2. The monoisotopic (exact) mass is 413 g/mol. The van der Waals surface area contributed by atoms with Gasteiger partial charge in [-0.1, -0.05) is 24.3 Å². The molecule has 0 bridgehead atoms. The molecule has 1 fully saturated rings. The Labute approximate surface area is 171 Å². The van der Waals surface area contributed by atoms with Crippen molar-refractivity contribution in [2.75, 3.05) is 20.2 Å². The van der Waals surface area contributed by atoms with Crippen LogP contribution in [0.5, 0.6) is 11.6 Å². The summed E-state index contributed by atoms with van der Waals surface area (Å²) in [5, 5.41) is 6.20. The van der Waals surface area contributed by atoms with E-state index in [1.807, 2.05) is 36.4 Å². The maximum atomic E-state index is 12.5. The van der Waals surface area contributed by atoms with E-state index in [9.17, 15) is 4.79 Å². The third kappa shape index (κ3) is 6.07. The number of pyridine rings is 1. The number of aromatic nitrogens is 1. The van der Waals surface area contributed by atoms with Crippen molar-refractivity contribution in [3.8, 4) is 11.6 Å². The van der Waals surface area contributed by atoms with Gasteiger partial charge in [-0.15, -0.1) is 24.8 Å². The molecule has 1 aliphatic rings. The number of para-hydroxylation sites is 1. The predicted octanol–water partition coefficient (Wildman–Crippen LogP) is 3.10. The van der Waals surface area contributed by atoms with E-state index in [4.69, 9.17) is 9.47 Å². The molecule has 1 aliphatic heterocycles. The van der Waals surface area contributed by atoms with E-state index >= 15 is 0 Å². The molecule has 0 saturated carbocycles. The standard InChI is InChI=1S/C19H23N3O3.2ClH/c1-24-19(9-11-20-12-10-19)18(23)22-14-15-7-8-17(21-13-15)25-16-5-3-2-4-6-16;;/h2-8,13,20H,9-12,14H2,1H3,(H,22,23);2*1H. The van der Waals surface area contributed by atoms with E-state index < -0.39 is 5.60 Å². The van der Waals surface area contributed by atoms with Crippen LogP contribution in [-0.2, 0) is 16.1 Å². The topological polar surface area (TPSA) is 72.5 Å². The van der Waals surface area contributed by atoms with Crippen LogP contribution >= 0.6 is 24.8 Å². The van der Waals surface area contributed by atoms with Crippen LogP contribution in [0, 0.1) is 0 Å². The number of hydrogen-bond acceptors (Lipinski definition) is 5. The molecular weight excluding hydrogens is 389 g/mol. The first-order chi connectivity index (χ1) is 12.2. The SMILES string of the molecule is COC1(C(=O)NCc2ccc(Oc3ccccc3)nc2)CCNCC1.Cl.Cl. The lowest BCUT2D eigenvalue weighted by Crippen LogP contribution is -2.53. The van der Waals surface area contributed by atoms with Gasteiger partial charge in [0.25, 0.3) is 5.91 Å². The molecule has 2 heterocycles. The van der Waals surface area contributed by atoms with Gasteiger partial charge in [0.15, 0.2) is 0 Å². The number of carbonyl (C=O) groups is 1. The molecule has 1 aromatic carbocycles. The van der Waals surface area contributed by atoms with Crippen molar-refractivity contribution in [3.05, 3.63) is 54.2 Å². The first-order valence-electron chi connectivity index (χ1n) is 8.44. The molecule has 2 aromatic rings. The lowest BCUT2D eigenvalue weighted by molar-refractivity contribution is -0.146. The third-order valence-corrected chi connectivity index (χ3v) is 4.43. The zero-order chi connectivity index (χ0) is 17.5. The van der Waals surface area contributed by atoms with Crippen LogP contribution < -0.4 is 15.4 Å². The maximum absolute atomic E-state index is 12.5. The van der Waals surface area contributed by atoms with E-state index in [1.54, 1.807) is 19.4 Å². The average Bonchev–Trinajstić information content (AvgIpc) is 2.68. The summed E-state index contributed by atoms with van der Waals surface area (Å²) in [5.74, 6) is 1.19. The van der Waals surface area contributed by atoms with Crippen LogP contribution in [0.15, 0.2) is 48.7 Å². The molecule has 3 rings (SSSR count). The Morgan fingerprint density at radius 1 is 1.15 bits per heavy atom. The van der Waals surface area contributed by atoms with Crippen molar-refractivity contribution in [1.82, 2.24) is 15.6 Å². The molecule has 1 aromatic heterocycles. The van der Waals surface area contributed by atoms with Crippen LogP contribution in [0.2, 0.25) is 0 Å². The van der Waals surface area contributed by atoms with Gasteiger partial charge in [-0.05, 0) is 43.6 Å². The molecule has 0 radical (unpaired) electrons. The van der Waals surface area contributed by atoms with Crippen molar-refractivity contribution in [2.45, 2.75) is 25.0 Å². The van der Waals surface area contributed by atoms with Gasteiger partial charge < -0.3 is 20.1 Å². The van der Waals surface area contributed by atoms with E-state index in [-0.39, 0.29) is 30.7 Å². The molecule has 0 aliphatic carbocycles. The molecule has 148 valence electrons.